The van der Waals surface area contributed by atoms with Crippen molar-refractivity contribution in [3.8, 4) is 11.5 Å². The Balaban J connectivity index is 1.71. The fourth-order valence-electron chi connectivity index (χ4n) is 2.89. The van der Waals surface area contributed by atoms with Gasteiger partial charge >= 0.3 is 0 Å². The molecule has 7 nitrogen and oxygen atoms in total. The van der Waals surface area contributed by atoms with Crippen molar-refractivity contribution in [1.82, 2.24) is 10.7 Å². The van der Waals surface area contributed by atoms with Crippen LogP contribution in [0.1, 0.15) is 57.4 Å². The molecule has 3 N–H and O–H groups in total. The lowest BCUT2D eigenvalue weighted by molar-refractivity contribution is -0.126. The summed E-state index contributed by atoms with van der Waals surface area (Å²) in [5, 5.41) is 16.5. The Bertz CT molecular complexity index is 640. The number of phenols is 1. The molecule has 0 aliphatic heterocycles. The van der Waals surface area contributed by atoms with Crippen LogP contribution in [0.2, 0.25) is 0 Å². The Kier molecular flexibility index (Phi) is 7.92. The summed E-state index contributed by atoms with van der Waals surface area (Å²) in [7, 11) is 0. The van der Waals surface area contributed by atoms with E-state index in [0.29, 0.717) is 17.9 Å². The van der Waals surface area contributed by atoms with Crippen molar-refractivity contribution >= 4 is 18.0 Å². The smallest absolute Gasteiger partial charge is 0.240 e. The highest BCUT2D eigenvalue weighted by Crippen LogP contribution is 2.26. The van der Waals surface area contributed by atoms with E-state index in [2.05, 4.69) is 15.8 Å². The van der Waals surface area contributed by atoms with E-state index in [0.717, 1.165) is 25.7 Å². The summed E-state index contributed by atoms with van der Waals surface area (Å²) in [6, 6.07) is 5.05. The zero-order chi connectivity index (χ0) is 18.8. The molecule has 0 atom stereocenters. The molecule has 1 aliphatic carbocycles. The SMILES string of the molecule is CCOc1cc(/C=N\NC(=O)CCC(=O)NC2CCCCC2)ccc1O. The van der Waals surface area contributed by atoms with Gasteiger partial charge in [0.2, 0.25) is 11.8 Å². The number of amides is 2. The zero-order valence-corrected chi connectivity index (χ0v) is 15.2. The summed E-state index contributed by atoms with van der Waals surface area (Å²) in [4.78, 5) is 23.7. The molecule has 0 aromatic heterocycles. The van der Waals surface area contributed by atoms with Crippen molar-refractivity contribution in [1.29, 1.82) is 0 Å². The number of phenolic OH excluding ortho intramolecular Hbond substituents is 1. The average molecular weight is 361 g/mol. The molecule has 7 heteroatoms. The van der Waals surface area contributed by atoms with Crippen molar-refractivity contribution in [2.24, 2.45) is 5.10 Å². The highest BCUT2D eigenvalue weighted by Gasteiger charge is 2.16. The molecule has 1 aliphatic rings. The number of nitrogens with zero attached hydrogens (tertiary/aromatic N) is 1. The Labute approximate surface area is 153 Å². The van der Waals surface area contributed by atoms with E-state index in [9.17, 15) is 14.7 Å². The molecule has 0 heterocycles. The number of aromatic hydroxyl groups is 1. The first-order chi connectivity index (χ1) is 12.6. The fraction of sp³-hybridized carbons (Fsp3) is 0.526. The summed E-state index contributed by atoms with van der Waals surface area (Å²) in [5.41, 5.74) is 3.09. The monoisotopic (exact) mass is 361 g/mol. The molecule has 2 rings (SSSR count). The van der Waals surface area contributed by atoms with E-state index >= 15 is 0 Å². The molecule has 142 valence electrons. The van der Waals surface area contributed by atoms with Crippen LogP contribution in [-0.2, 0) is 9.59 Å². The van der Waals surface area contributed by atoms with Gasteiger partial charge < -0.3 is 15.2 Å². The third-order valence-corrected chi connectivity index (χ3v) is 4.24. The summed E-state index contributed by atoms with van der Waals surface area (Å²) in [6.45, 7) is 2.26. The van der Waals surface area contributed by atoms with Crippen LogP contribution in [-0.4, -0.2) is 35.8 Å². The number of benzene rings is 1. The van der Waals surface area contributed by atoms with Gasteiger partial charge in [-0.1, -0.05) is 19.3 Å². The molecule has 0 radical (unpaired) electrons. The van der Waals surface area contributed by atoms with E-state index in [1.165, 1.54) is 18.7 Å². The van der Waals surface area contributed by atoms with E-state index in [4.69, 9.17) is 4.74 Å². The van der Waals surface area contributed by atoms with Gasteiger partial charge in [-0.2, -0.15) is 5.10 Å². The summed E-state index contributed by atoms with van der Waals surface area (Å²) < 4.78 is 5.29. The summed E-state index contributed by atoms with van der Waals surface area (Å²) in [6.07, 6.45) is 7.31. The molecule has 26 heavy (non-hydrogen) atoms. The fourth-order valence-corrected chi connectivity index (χ4v) is 2.89. The largest absolute Gasteiger partial charge is 0.504 e. The maximum Gasteiger partial charge on any atom is 0.240 e. The van der Waals surface area contributed by atoms with Gasteiger partial charge in [0.15, 0.2) is 11.5 Å². The van der Waals surface area contributed by atoms with Crippen LogP contribution in [0.5, 0.6) is 11.5 Å². The average Bonchev–Trinajstić information content (AvgIpc) is 2.64. The molecule has 1 aromatic rings. The molecule has 0 saturated heterocycles. The molecule has 1 fully saturated rings. The minimum Gasteiger partial charge on any atom is -0.504 e. The minimum absolute atomic E-state index is 0.0528. The molecular formula is C19H27N3O4. The normalized spacial score (nSPS) is 15.0. The lowest BCUT2D eigenvalue weighted by Crippen LogP contribution is -2.36. The van der Waals surface area contributed by atoms with Crippen molar-refractivity contribution in [3.63, 3.8) is 0 Å². The van der Waals surface area contributed by atoms with E-state index < -0.39 is 0 Å². The second-order valence-electron chi connectivity index (χ2n) is 6.36. The van der Waals surface area contributed by atoms with Gasteiger partial charge in [-0.15, -0.1) is 0 Å². The van der Waals surface area contributed by atoms with Crippen LogP contribution >= 0.6 is 0 Å². The predicted octanol–water partition coefficient (Wildman–Crippen LogP) is 2.47. The molecular weight excluding hydrogens is 334 g/mol. The Morgan fingerprint density at radius 1 is 1.23 bits per heavy atom. The minimum atomic E-state index is -0.316. The first-order valence-corrected chi connectivity index (χ1v) is 9.15. The van der Waals surface area contributed by atoms with Crippen LogP contribution in [0.4, 0.5) is 0 Å². The van der Waals surface area contributed by atoms with Crippen molar-refractivity contribution in [2.45, 2.75) is 57.9 Å². The number of ether oxygens (including phenoxy) is 1. The predicted molar refractivity (Wildman–Crippen MR) is 99.3 cm³/mol. The van der Waals surface area contributed by atoms with Crippen molar-refractivity contribution in [3.05, 3.63) is 23.8 Å². The third-order valence-electron chi connectivity index (χ3n) is 4.24. The van der Waals surface area contributed by atoms with Crippen molar-refractivity contribution < 1.29 is 19.4 Å². The Hall–Kier alpha value is -2.57. The van der Waals surface area contributed by atoms with E-state index in [1.54, 1.807) is 12.1 Å². The lowest BCUT2D eigenvalue weighted by Gasteiger charge is -2.22. The molecule has 0 bridgehead atoms. The van der Waals surface area contributed by atoms with Crippen molar-refractivity contribution in [2.75, 3.05) is 6.61 Å². The number of carbonyl (C=O) groups excluding carboxylic acids is 2. The van der Waals surface area contributed by atoms with Crippen LogP contribution in [0.25, 0.3) is 0 Å². The lowest BCUT2D eigenvalue weighted by atomic mass is 9.95. The van der Waals surface area contributed by atoms with Crippen LogP contribution in [0.15, 0.2) is 23.3 Å². The quantitative estimate of drug-likeness (QED) is 0.489. The number of carbonyl (C=O) groups is 2. The second kappa shape index (κ2) is 10.4. The second-order valence-corrected chi connectivity index (χ2v) is 6.36. The van der Waals surface area contributed by atoms with Crippen LogP contribution in [0, 0.1) is 0 Å². The van der Waals surface area contributed by atoms with Gasteiger partial charge in [0.05, 0.1) is 12.8 Å². The number of hydrogen-bond donors (Lipinski definition) is 3. The molecule has 1 saturated carbocycles. The van der Waals surface area contributed by atoms with Crippen LogP contribution in [0.3, 0.4) is 0 Å². The van der Waals surface area contributed by atoms with Gasteiger partial charge in [0.1, 0.15) is 0 Å². The molecule has 2 amide bonds. The zero-order valence-electron chi connectivity index (χ0n) is 15.2. The third kappa shape index (κ3) is 6.74. The molecule has 0 unspecified atom stereocenters. The highest BCUT2D eigenvalue weighted by atomic mass is 16.5. The van der Waals surface area contributed by atoms with E-state index in [1.807, 2.05) is 6.92 Å². The Morgan fingerprint density at radius 2 is 1.96 bits per heavy atom. The van der Waals surface area contributed by atoms with Gasteiger partial charge in [-0.25, -0.2) is 5.43 Å². The standard InChI is InChI=1S/C19H27N3O4/c1-2-26-17-12-14(8-9-16(17)23)13-20-22-19(25)11-10-18(24)21-15-6-4-3-5-7-15/h8-9,12-13,15,23H,2-7,10-11H2,1H3,(H,21,24)(H,22,25)/b20-13-. The Morgan fingerprint density at radius 3 is 2.69 bits per heavy atom. The summed E-state index contributed by atoms with van der Waals surface area (Å²) in [5.74, 6) is 0.0129. The van der Waals surface area contributed by atoms with Gasteiger partial charge in [-0.3, -0.25) is 9.59 Å². The maximum absolute atomic E-state index is 11.9. The van der Waals surface area contributed by atoms with Crippen LogP contribution < -0.4 is 15.5 Å². The summed E-state index contributed by atoms with van der Waals surface area (Å²) >= 11 is 0. The molecule has 0 spiro atoms. The highest BCUT2D eigenvalue weighted by molar-refractivity contribution is 5.85. The van der Waals surface area contributed by atoms with Gasteiger partial charge in [0.25, 0.3) is 0 Å². The number of hydrazone groups is 1. The van der Waals surface area contributed by atoms with E-state index in [-0.39, 0.29) is 36.4 Å². The first kappa shape index (κ1) is 19.8. The van der Waals surface area contributed by atoms with Gasteiger partial charge in [0, 0.05) is 18.9 Å². The number of nitrogens with one attached hydrogen (secondary N) is 2. The number of rotatable bonds is 8. The topological polar surface area (TPSA) is 100 Å². The first-order valence-electron chi connectivity index (χ1n) is 9.15. The number of hydrogen-bond acceptors (Lipinski definition) is 5. The van der Waals surface area contributed by atoms with Gasteiger partial charge in [-0.05, 0) is 43.5 Å². The maximum atomic E-state index is 11.9. The molecule has 1 aromatic carbocycles.